The molecule has 4 nitrogen and oxygen atoms in total. The second-order valence-corrected chi connectivity index (χ2v) is 5.00. The Morgan fingerprint density at radius 2 is 1.95 bits per heavy atom. The van der Waals surface area contributed by atoms with Crippen LogP contribution in [0.3, 0.4) is 0 Å². The van der Waals surface area contributed by atoms with E-state index in [1.54, 1.807) is 34.9 Å². The van der Waals surface area contributed by atoms with Gasteiger partial charge in [-0.1, -0.05) is 11.6 Å². The maximum Gasteiger partial charge on any atom is 0.309 e. The molecule has 3 aromatic rings. The SMILES string of the molecule is O=C(O)Cc1c(-c2ccc(F)cc2)nc2ccc(Cl)cn12. The van der Waals surface area contributed by atoms with Gasteiger partial charge in [0.25, 0.3) is 0 Å². The highest BCUT2D eigenvalue weighted by Crippen LogP contribution is 2.26. The number of aromatic nitrogens is 2. The van der Waals surface area contributed by atoms with Crippen LogP contribution in [-0.2, 0) is 11.2 Å². The highest BCUT2D eigenvalue weighted by molar-refractivity contribution is 6.30. The van der Waals surface area contributed by atoms with Crippen LogP contribution in [0.15, 0.2) is 42.6 Å². The summed E-state index contributed by atoms with van der Waals surface area (Å²) < 4.78 is 14.7. The van der Waals surface area contributed by atoms with Crippen molar-refractivity contribution in [2.75, 3.05) is 0 Å². The molecular weight excluding hydrogens is 295 g/mol. The fraction of sp³-hybridized carbons (Fsp3) is 0.0667. The van der Waals surface area contributed by atoms with Gasteiger partial charge in [-0.05, 0) is 36.4 Å². The predicted octanol–water partition coefficient (Wildman–Crippen LogP) is 3.42. The van der Waals surface area contributed by atoms with Crippen LogP contribution in [0.2, 0.25) is 5.02 Å². The van der Waals surface area contributed by atoms with Gasteiger partial charge in [0, 0.05) is 11.8 Å². The van der Waals surface area contributed by atoms with Crippen molar-refractivity contribution < 1.29 is 14.3 Å². The Balaban J connectivity index is 2.25. The number of rotatable bonds is 3. The summed E-state index contributed by atoms with van der Waals surface area (Å²) in [5.74, 6) is -1.33. The average Bonchev–Trinajstić information content (AvgIpc) is 2.77. The first-order valence-corrected chi connectivity index (χ1v) is 6.56. The molecule has 1 N–H and O–H groups in total. The molecule has 0 unspecified atom stereocenters. The first-order chi connectivity index (χ1) is 10.0. The first kappa shape index (κ1) is 13.6. The van der Waals surface area contributed by atoms with E-state index < -0.39 is 5.97 Å². The lowest BCUT2D eigenvalue weighted by atomic mass is 10.1. The van der Waals surface area contributed by atoms with Gasteiger partial charge in [0.15, 0.2) is 0 Å². The predicted molar refractivity (Wildman–Crippen MR) is 76.9 cm³/mol. The Morgan fingerprint density at radius 1 is 1.24 bits per heavy atom. The van der Waals surface area contributed by atoms with E-state index in [0.717, 1.165) is 0 Å². The molecule has 0 saturated heterocycles. The minimum Gasteiger partial charge on any atom is -0.481 e. The summed E-state index contributed by atoms with van der Waals surface area (Å²) >= 11 is 5.96. The largest absolute Gasteiger partial charge is 0.481 e. The zero-order valence-electron chi connectivity index (χ0n) is 10.8. The molecule has 0 aliphatic heterocycles. The molecule has 0 aliphatic carbocycles. The van der Waals surface area contributed by atoms with Crippen molar-refractivity contribution in [2.45, 2.75) is 6.42 Å². The fourth-order valence-corrected chi connectivity index (χ4v) is 2.38. The zero-order chi connectivity index (χ0) is 15.0. The lowest BCUT2D eigenvalue weighted by Gasteiger charge is -2.03. The van der Waals surface area contributed by atoms with Crippen molar-refractivity contribution in [1.29, 1.82) is 0 Å². The maximum absolute atomic E-state index is 13.0. The lowest BCUT2D eigenvalue weighted by molar-refractivity contribution is -0.136. The second kappa shape index (κ2) is 5.18. The molecule has 21 heavy (non-hydrogen) atoms. The molecule has 0 atom stereocenters. The van der Waals surface area contributed by atoms with Crippen LogP contribution in [0.25, 0.3) is 16.9 Å². The Bertz CT molecular complexity index is 828. The van der Waals surface area contributed by atoms with Crippen LogP contribution in [0.1, 0.15) is 5.69 Å². The second-order valence-electron chi connectivity index (χ2n) is 4.56. The van der Waals surface area contributed by atoms with Gasteiger partial charge in [-0.15, -0.1) is 0 Å². The van der Waals surface area contributed by atoms with E-state index >= 15 is 0 Å². The van der Waals surface area contributed by atoms with E-state index in [0.29, 0.717) is 27.6 Å². The van der Waals surface area contributed by atoms with Crippen molar-refractivity contribution in [3.8, 4) is 11.3 Å². The molecular formula is C15H10ClFN2O2. The number of hydrogen-bond donors (Lipinski definition) is 1. The van der Waals surface area contributed by atoms with Crippen LogP contribution < -0.4 is 0 Å². The standard InChI is InChI=1S/C15H10ClFN2O2/c16-10-3-6-13-18-15(9-1-4-11(17)5-2-9)12(7-14(20)21)19(13)8-10/h1-6,8H,7H2,(H,20,21). The molecule has 0 saturated carbocycles. The van der Waals surface area contributed by atoms with Gasteiger partial charge in [-0.25, -0.2) is 9.37 Å². The molecule has 0 spiro atoms. The van der Waals surface area contributed by atoms with Gasteiger partial charge in [0.2, 0.25) is 0 Å². The van der Waals surface area contributed by atoms with Crippen LogP contribution in [0.5, 0.6) is 0 Å². The number of nitrogens with zero attached hydrogens (tertiary/aromatic N) is 2. The molecule has 0 amide bonds. The van der Waals surface area contributed by atoms with E-state index in [4.69, 9.17) is 16.7 Å². The molecule has 0 fully saturated rings. The van der Waals surface area contributed by atoms with Gasteiger partial charge < -0.3 is 9.51 Å². The third-order valence-corrected chi connectivity index (χ3v) is 3.34. The first-order valence-electron chi connectivity index (χ1n) is 6.19. The summed E-state index contributed by atoms with van der Waals surface area (Å²) in [5.41, 5.74) is 2.27. The highest BCUT2D eigenvalue weighted by Gasteiger charge is 2.16. The smallest absolute Gasteiger partial charge is 0.309 e. The minimum absolute atomic E-state index is 0.200. The van der Waals surface area contributed by atoms with Crippen molar-refractivity contribution in [3.63, 3.8) is 0 Å². The lowest BCUT2D eigenvalue weighted by Crippen LogP contribution is -2.04. The van der Waals surface area contributed by atoms with E-state index in [1.165, 1.54) is 12.1 Å². The third-order valence-electron chi connectivity index (χ3n) is 3.12. The monoisotopic (exact) mass is 304 g/mol. The molecule has 3 rings (SSSR count). The quantitative estimate of drug-likeness (QED) is 0.806. The van der Waals surface area contributed by atoms with Crippen LogP contribution in [-0.4, -0.2) is 20.5 Å². The van der Waals surface area contributed by atoms with Gasteiger partial charge in [-0.2, -0.15) is 0 Å². The summed E-state index contributed by atoms with van der Waals surface area (Å²) in [7, 11) is 0. The van der Waals surface area contributed by atoms with Gasteiger partial charge in [0.05, 0.1) is 22.8 Å². The number of carbonyl (C=O) groups is 1. The maximum atomic E-state index is 13.0. The Labute approximate surface area is 124 Å². The van der Waals surface area contributed by atoms with Crippen molar-refractivity contribution >= 4 is 23.2 Å². The van der Waals surface area contributed by atoms with Crippen LogP contribution >= 0.6 is 11.6 Å². The highest BCUT2D eigenvalue weighted by atomic mass is 35.5. The Morgan fingerprint density at radius 3 is 2.62 bits per heavy atom. The minimum atomic E-state index is -0.972. The van der Waals surface area contributed by atoms with Gasteiger partial charge in [0.1, 0.15) is 11.5 Å². The number of benzene rings is 1. The van der Waals surface area contributed by atoms with Crippen molar-refractivity contribution in [1.82, 2.24) is 9.38 Å². The summed E-state index contributed by atoms with van der Waals surface area (Å²) in [6, 6.07) is 9.17. The number of carboxylic acids is 1. The molecule has 6 heteroatoms. The number of hydrogen-bond acceptors (Lipinski definition) is 2. The number of carboxylic acid groups (broad SMARTS) is 1. The number of halogens is 2. The van der Waals surface area contributed by atoms with E-state index in [9.17, 15) is 9.18 Å². The van der Waals surface area contributed by atoms with Crippen LogP contribution in [0, 0.1) is 5.82 Å². The number of aliphatic carboxylic acids is 1. The molecule has 1 aromatic carbocycles. The number of fused-ring (bicyclic) bond motifs is 1. The summed E-state index contributed by atoms with van der Waals surface area (Å²) in [6.45, 7) is 0. The van der Waals surface area contributed by atoms with E-state index in [2.05, 4.69) is 4.98 Å². The average molecular weight is 305 g/mol. The summed E-state index contributed by atoms with van der Waals surface area (Å²) in [4.78, 5) is 15.5. The molecule has 0 aliphatic rings. The normalized spacial score (nSPS) is 11.0. The van der Waals surface area contributed by atoms with Crippen LogP contribution in [0.4, 0.5) is 4.39 Å². The Hall–Kier alpha value is -2.40. The van der Waals surface area contributed by atoms with Gasteiger partial charge in [-0.3, -0.25) is 4.79 Å². The number of imidazole rings is 1. The molecule has 2 aromatic heterocycles. The van der Waals surface area contributed by atoms with E-state index in [-0.39, 0.29) is 12.2 Å². The molecule has 0 bridgehead atoms. The molecule has 2 heterocycles. The van der Waals surface area contributed by atoms with Crippen molar-refractivity contribution in [2.24, 2.45) is 0 Å². The Kier molecular flexibility index (Phi) is 3.35. The molecule has 106 valence electrons. The number of pyridine rings is 1. The van der Waals surface area contributed by atoms with Crippen molar-refractivity contribution in [3.05, 3.63) is 59.1 Å². The fourth-order valence-electron chi connectivity index (χ4n) is 2.22. The third kappa shape index (κ3) is 2.60. The van der Waals surface area contributed by atoms with E-state index in [1.807, 2.05) is 0 Å². The topological polar surface area (TPSA) is 54.6 Å². The summed E-state index contributed by atoms with van der Waals surface area (Å²) in [5, 5.41) is 9.58. The summed E-state index contributed by atoms with van der Waals surface area (Å²) in [6.07, 6.45) is 1.42. The molecule has 0 radical (unpaired) electrons. The van der Waals surface area contributed by atoms with Gasteiger partial charge >= 0.3 is 5.97 Å². The zero-order valence-corrected chi connectivity index (χ0v) is 11.5.